The molecule has 0 unspecified atom stereocenters. The largest absolute Gasteiger partial charge is 0.294 e. The molecule has 0 aliphatic heterocycles. The third-order valence-electron chi connectivity index (χ3n) is 3.01. The Kier molecular flexibility index (Phi) is 3.85. The molecule has 2 rings (SSSR count). The van der Waals surface area contributed by atoms with Gasteiger partial charge in [-0.3, -0.25) is 4.79 Å². The summed E-state index contributed by atoms with van der Waals surface area (Å²) >= 11 is 1.55. The minimum atomic E-state index is -0.0228. The van der Waals surface area contributed by atoms with Crippen molar-refractivity contribution in [2.24, 2.45) is 0 Å². The number of aromatic nitrogens is 1. The number of ketones is 1. The second kappa shape index (κ2) is 5.25. The summed E-state index contributed by atoms with van der Waals surface area (Å²) in [6.07, 6.45) is 0.394. The number of thiazole rings is 1. The minimum absolute atomic E-state index is 0.0228. The van der Waals surface area contributed by atoms with E-state index in [0.29, 0.717) is 6.42 Å². The first-order valence-electron chi connectivity index (χ1n) is 6.41. The Morgan fingerprint density at radius 3 is 2.53 bits per heavy atom. The van der Waals surface area contributed by atoms with Crippen LogP contribution in [0, 0.1) is 6.92 Å². The fourth-order valence-electron chi connectivity index (χ4n) is 2.10. The SMILES string of the molecule is Cc1csc(CC(=O)c2ccccc2C(C)(C)C)n1. The van der Waals surface area contributed by atoms with Crippen molar-refractivity contribution in [1.82, 2.24) is 4.98 Å². The number of Topliss-reactive ketones (excluding diaryl/α,β-unsaturated/α-hetero) is 1. The summed E-state index contributed by atoms with van der Waals surface area (Å²) in [6.45, 7) is 8.35. The van der Waals surface area contributed by atoms with Crippen LogP contribution < -0.4 is 0 Å². The van der Waals surface area contributed by atoms with Crippen molar-refractivity contribution in [2.75, 3.05) is 0 Å². The summed E-state index contributed by atoms with van der Waals surface area (Å²) in [5.74, 6) is 0.153. The van der Waals surface area contributed by atoms with Crippen molar-refractivity contribution in [3.8, 4) is 0 Å². The highest BCUT2D eigenvalue weighted by atomic mass is 32.1. The number of carbonyl (C=O) groups excluding carboxylic acids is 1. The van der Waals surface area contributed by atoms with Crippen LogP contribution in [0.1, 0.15) is 47.4 Å². The van der Waals surface area contributed by atoms with Crippen LogP contribution in [0.3, 0.4) is 0 Å². The molecule has 100 valence electrons. The van der Waals surface area contributed by atoms with E-state index in [2.05, 4.69) is 25.8 Å². The number of nitrogens with zero attached hydrogens (tertiary/aromatic N) is 1. The third-order valence-corrected chi connectivity index (χ3v) is 3.98. The molecule has 1 heterocycles. The molecule has 0 radical (unpaired) electrons. The zero-order valence-electron chi connectivity index (χ0n) is 11.9. The average molecular weight is 273 g/mol. The van der Waals surface area contributed by atoms with Crippen LogP contribution in [0.4, 0.5) is 0 Å². The van der Waals surface area contributed by atoms with Crippen molar-refractivity contribution >= 4 is 17.1 Å². The van der Waals surface area contributed by atoms with Crippen molar-refractivity contribution in [2.45, 2.75) is 39.5 Å². The van der Waals surface area contributed by atoms with E-state index >= 15 is 0 Å². The lowest BCUT2D eigenvalue weighted by atomic mass is 9.82. The highest BCUT2D eigenvalue weighted by Gasteiger charge is 2.21. The highest BCUT2D eigenvalue weighted by Crippen LogP contribution is 2.26. The molecule has 1 aromatic carbocycles. The van der Waals surface area contributed by atoms with Gasteiger partial charge in [0.1, 0.15) is 5.01 Å². The summed E-state index contributed by atoms with van der Waals surface area (Å²) < 4.78 is 0. The van der Waals surface area contributed by atoms with Crippen LogP contribution in [0.5, 0.6) is 0 Å². The van der Waals surface area contributed by atoms with Gasteiger partial charge >= 0.3 is 0 Å². The Morgan fingerprint density at radius 2 is 1.95 bits per heavy atom. The number of rotatable bonds is 3. The molecule has 3 heteroatoms. The molecule has 0 bridgehead atoms. The van der Waals surface area contributed by atoms with E-state index in [1.54, 1.807) is 11.3 Å². The predicted octanol–water partition coefficient (Wildman–Crippen LogP) is 4.17. The van der Waals surface area contributed by atoms with Gasteiger partial charge in [-0.2, -0.15) is 0 Å². The van der Waals surface area contributed by atoms with E-state index in [9.17, 15) is 4.79 Å². The zero-order chi connectivity index (χ0) is 14.0. The summed E-state index contributed by atoms with van der Waals surface area (Å²) in [5.41, 5.74) is 2.89. The molecule has 0 fully saturated rings. The van der Waals surface area contributed by atoms with E-state index in [1.165, 1.54) is 0 Å². The minimum Gasteiger partial charge on any atom is -0.294 e. The number of hydrogen-bond donors (Lipinski definition) is 0. The standard InChI is InChI=1S/C16H19NOS/c1-11-10-19-15(17-11)9-14(18)12-7-5-6-8-13(12)16(2,3)4/h5-8,10H,9H2,1-4H3. The van der Waals surface area contributed by atoms with Gasteiger partial charge in [-0.1, -0.05) is 45.0 Å². The monoisotopic (exact) mass is 273 g/mol. The van der Waals surface area contributed by atoms with E-state index in [4.69, 9.17) is 0 Å². The van der Waals surface area contributed by atoms with Crippen LogP contribution in [-0.2, 0) is 11.8 Å². The van der Waals surface area contributed by atoms with Crippen LogP contribution >= 0.6 is 11.3 Å². The van der Waals surface area contributed by atoms with Gasteiger partial charge in [-0.05, 0) is 17.9 Å². The van der Waals surface area contributed by atoms with Gasteiger partial charge in [0.15, 0.2) is 5.78 Å². The van der Waals surface area contributed by atoms with Crippen molar-refractivity contribution in [3.63, 3.8) is 0 Å². The van der Waals surface area contributed by atoms with Gasteiger partial charge in [-0.15, -0.1) is 11.3 Å². The van der Waals surface area contributed by atoms with Crippen LogP contribution in [0.25, 0.3) is 0 Å². The molecular formula is C16H19NOS. The topological polar surface area (TPSA) is 30.0 Å². The van der Waals surface area contributed by atoms with E-state index in [0.717, 1.165) is 21.8 Å². The second-order valence-corrected chi connectivity index (χ2v) is 6.72. The van der Waals surface area contributed by atoms with Gasteiger partial charge in [-0.25, -0.2) is 4.98 Å². The molecule has 0 spiro atoms. The lowest BCUT2D eigenvalue weighted by molar-refractivity contribution is 0.0991. The molecule has 0 N–H and O–H groups in total. The third kappa shape index (κ3) is 3.29. The normalized spacial score (nSPS) is 11.6. The maximum absolute atomic E-state index is 12.5. The maximum Gasteiger partial charge on any atom is 0.169 e. The van der Waals surface area contributed by atoms with E-state index < -0.39 is 0 Å². The van der Waals surface area contributed by atoms with Crippen molar-refractivity contribution in [1.29, 1.82) is 0 Å². The number of hydrogen-bond acceptors (Lipinski definition) is 3. The quantitative estimate of drug-likeness (QED) is 0.785. The van der Waals surface area contributed by atoms with Gasteiger partial charge in [0.25, 0.3) is 0 Å². The Hall–Kier alpha value is -1.48. The molecule has 19 heavy (non-hydrogen) atoms. The van der Waals surface area contributed by atoms with Gasteiger partial charge in [0, 0.05) is 16.6 Å². The molecule has 0 saturated heterocycles. The highest BCUT2D eigenvalue weighted by molar-refractivity contribution is 7.09. The van der Waals surface area contributed by atoms with Crippen molar-refractivity contribution < 1.29 is 4.79 Å². The lowest BCUT2D eigenvalue weighted by Gasteiger charge is -2.22. The molecule has 1 aromatic heterocycles. The predicted molar refractivity (Wildman–Crippen MR) is 80.0 cm³/mol. The molecule has 0 amide bonds. The molecule has 0 aliphatic rings. The summed E-state index contributed by atoms with van der Waals surface area (Å²) in [4.78, 5) is 16.8. The first kappa shape index (κ1) is 13.9. The Morgan fingerprint density at radius 1 is 1.26 bits per heavy atom. The van der Waals surface area contributed by atoms with Crippen molar-refractivity contribution in [3.05, 3.63) is 51.5 Å². The van der Waals surface area contributed by atoms with Gasteiger partial charge in [0.2, 0.25) is 0 Å². The maximum atomic E-state index is 12.5. The molecule has 2 nitrogen and oxygen atoms in total. The van der Waals surface area contributed by atoms with Crippen LogP contribution in [-0.4, -0.2) is 10.8 Å². The second-order valence-electron chi connectivity index (χ2n) is 5.78. The summed E-state index contributed by atoms with van der Waals surface area (Å²) in [5, 5.41) is 2.88. The first-order valence-corrected chi connectivity index (χ1v) is 7.29. The Bertz CT molecular complexity index is 593. The fourth-order valence-corrected chi connectivity index (χ4v) is 2.87. The number of benzene rings is 1. The smallest absolute Gasteiger partial charge is 0.169 e. The first-order chi connectivity index (χ1) is 8.88. The summed E-state index contributed by atoms with van der Waals surface area (Å²) in [7, 11) is 0. The Balaban J connectivity index is 2.29. The zero-order valence-corrected chi connectivity index (χ0v) is 12.7. The van der Waals surface area contributed by atoms with Crippen LogP contribution in [0.15, 0.2) is 29.6 Å². The number of carbonyl (C=O) groups is 1. The molecule has 0 atom stereocenters. The average Bonchev–Trinajstić information content (AvgIpc) is 2.73. The lowest BCUT2D eigenvalue weighted by Crippen LogP contribution is -2.17. The van der Waals surface area contributed by atoms with E-state index in [-0.39, 0.29) is 11.2 Å². The number of aryl methyl sites for hydroxylation is 1. The molecule has 0 saturated carbocycles. The van der Waals surface area contributed by atoms with E-state index in [1.807, 2.05) is 36.6 Å². The molecular weight excluding hydrogens is 254 g/mol. The van der Waals surface area contributed by atoms with Gasteiger partial charge in [0.05, 0.1) is 6.42 Å². The Labute approximate surface area is 118 Å². The molecule has 0 aliphatic carbocycles. The van der Waals surface area contributed by atoms with Gasteiger partial charge < -0.3 is 0 Å². The fraction of sp³-hybridized carbons (Fsp3) is 0.375. The van der Waals surface area contributed by atoms with Crippen LogP contribution in [0.2, 0.25) is 0 Å². The molecule has 2 aromatic rings. The summed E-state index contributed by atoms with van der Waals surface area (Å²) in [6, 6.07) is 7.88.